The second-order valence-corrected chi connectivity index (χ2v) is 13.2. The van der Waals surface area contributed by atoms with Gasteiger partial charge in [-0.25, -0.2) is 14.8 Å². The number of aromatic nitrogens is 4. The van der Waals surface area contributed by atoms with Crippen molar-refractivity contribution in [3.8, 4) is 11.3 Å². The van der Waals surface area contributed by atoms with E-state index in [1.54, 1.807) is 17.4 Å². The maximum atomic E-state index is 12.5. The number of thiazole rings is 1. The predicted molar refractivity (Wildman–Crippen MR) is 169 cm³/mol. The summed E-state index contributed by atoms with van der Waals surface area (Å²) in [6.07, 6.45) is 4.38. The highest BCUT2D eigenvalue weighted by atomic mass is 32.1. The maximum absolute atomic E-state index is 12.5. The van der Waals surface area contributed by atoms with Gasteiger partial charge in [0.15, 0.2) is 10.8 Å². The molecule has 0 spiro atoms. The highest BCUT2D eigenvalue weighted by Crippen LogP contribution is 2.31. The summed E-state index contributed by atoms with van der Waals surface area (Å²) >= 11 is 1.61. The molecule has 7 rings (SSSR count). The van der Waals surface area contributed by atoms with E-state index in [4.69, 9.17) is 19.2 Å². The molecular weight excluding hydrogens is 564 g/mol. The van der Waals surface area contributed by atoms with Gasteiger partial charge in [-0.1, -0.05) is 49.4 Å². The van der Waals surface area contributed by atoms with Crippen molar-refractivity contribution >= 4 is 50.0 Å². The van der Waals surface area contributed by atoms with Gasteiger partial charge < -0.3 is 19.5 Å². The Hall–Kier alpha value is -4.00. The van der Waals surface area contributed by atoms with Crippen LogP contribution in [0.5, 0.6) is 0 Å². The Bertz CT molecular complexity index is 1740. The van der Waals surface area contributed by atoms with Crippen LogP contribution in [-0.2, 0) is 10.2 Å². The molecule has 12 heteroatoms. The zero-order chi connectivity index (χ0) is 29.6. The number of pyridine rings is 1. The van der Waals surface area contributed by atoms with Gasteiger partial charge in [0, 0.05) is 61.1 Å². The number of ether oxygens (including phenoxy) is 1. The molecule has 2 N–H and O–H groups in total. The van der Waals surface area contributed by atoms with Crippen LogP contribution >= 0.6 is 11.3 Å². The number of morpholine rings is 1. The summed E-state index contributed by atoms with van der Waals surface area (Å²) in [4.78, 5) is 29.3. The van der Waals surface area contributed by atoms with Crippen LogP contribution in [0.25, 0.3) is 26.6 Å². The monoisotopic (exact) mass is 600 g/mol. The Morgan fingerprint density at radius 3 is 2.47 bits per heavy atom. The number of fused-ring (bicyclic) bond motifs is 3. The third-order valence-corrected chi connectivity index (χ3v) is 9.19. The molecule has 11 nitrogen and oxygen atoms in total. The van der Waals surface area contributed by atoms with Crippen molar-refractivity contribution in [2.75, 3.05) is 54.9 Å². The number of carbonyl (C=O) groups is 1. The molecule has 0 aliphatic carbocycles. The molecular formula is C31H36N8O3S. The van der Waals surface area contributed by atoms with Crippen LogP contribution in [0.15, 0.2) is 53.2 Å². The fourth-order valence-corrected chi connectivity index (χ4v) is 6.76. The van der Waals surface area contributed by atoms with E-state index in [1.807, 2.05) is 45.0 Å². The molecule has 0 atom stereocenters. The summed E-state index contributed by atoms with van der Waals surface area (Å²) in [5.41, 5.74) is 3.37. The zero-order valence-corrected chi connectivity index (χ0v) is 25.5. The van der Waals surface area contributed by atoms with Crippen LogP contribution in [-0.4, -0.2) is 75.9 Å². The Labute approximate surface area is 253 Å². The van der Waals surface area contributed by atoms with E-state index < -0.39 is 0 Å². The van der Waals surface area contributed by atoms with Crippen molar-refractivity contribution in [3.63, 3.8) is 0 Å². The first kappa shape index (κ1) is 27.8. The predicted octanol–water partition coefficient (Wildman–Crippen LogP) is 5.84. The minimum Gasteiger partial charge on any atom is -0.379 e. The molecule has 43 heavy (non-hydrogen) atoms. The lowest BCUT2D eigenvalue weighted by Crippen LogP contribution is -2.49. The number of carbonyl (C=O) groups excluding carboxylic acids is 1. The summed E-state index contributed by atoms with van der Waals surface area (Å²) in [7, 11) is 0. The van der Waals surface area contributed by atoms with Gasteiger partial charge in [0.05, 0.1) is 24.4 Å². The van der Waals surface area contributed by atoms with Gasteiger partial charge in [-0.3, -0.25) is 14.6 Å². The summed E-state index contributed by atoms with van der Waals surface area (Å²) in [6.45, 7) is 11.9. The second-order valence-electron chi connectivity index (χ2n) is 12.2. The molecule has 1 aromatic carbocycles. The van der Waals surface area contributed by atoms with E-state index in [9.17, 15) is 4.79 Å². The molecule has 4 aromatic heterocycles. The molecule has 224 valence electrons. The Morgan fingerprint density at radius 2 is 1.74 bits per heavy atom. The fraction of sp³-hybridized carbons (Fsp3) is 0.419. The van der Waals surface area contributed by atoms with Crippen LogP contribution in [0.3, 0.4) is 0 Å². The molecule has 2 fully saturated rings. The normalized spacial score (nSPS) is 17.1. The van der Waals surface area contributed by atoms with Crippen molar-refractivity contribution in [1.82, 2.24) is 24.4 Å². The molecule has 2 saturated heterocycles. The van der Waals surface area contributed by atoms with E-state index in [0.29, 0.717) is 23.3 Å². The van der Waals surface area contributed by atoms with E-state index in [2.05, 4.69) is 48.3 Å². The van der Waals surface area contributed by atoms with Crippen LogP contribution in [0.1, 0.15) is 39.4 Å². The average Bonchev–Trinajstić information content (AvgIpc) is 3.73. The topological polar surface area (TPSA) is 113 Å². The number of benzene rings is 1. The largest absolute Gasteiger partial charge is 0.379 e. The fourth-order valence-electron chi connectivity index (χ4n) is 5.78. The minimum absolute atomic E-state index is 0.187. The van der Waals surface area contributed by atoms with E-state index in [1.165, 1.54) is 0 Å². The molecule has 0 saturated carbocycles. The van der Waals surface area contributed by atoms with Crippen molar-refractivity contribution in [1.29, 1.82) is 0 Å². The van der Waals surface area contributed by atoms with E-state index in [-0.39, 0.29) is 11.4 Å². The number of anilines is 3. The Morgan fingerprint density at radius 1 is 0.977 bits per heavy atom. The summed E-state index contributed by atoms with van der Waals surface area (Å²) < 4.78 is 13.0. The zero-order valence-electron chi connectivity index (χ0n) is 24.7. The molecule has 2 amide bonds. The molecule has 0 radical (unpaired) electrons. The lowest BCUT2D eigenvalue weighted by atomic mass is 9.93. The number of amides is 2. The molecule has 5 aromatic rings. The average molecular weight is 601 g/mol. The molecule has 2 aliphatic heterocycles. The van der Waals surface area contributed by atoms with Crippen molar-refractivity contribution in [3.05, 3.63) is 54.4 Å². The van der Waals surface area contributed by atoms with Crippen LogP contribution < -0.4 is 15.5 Å². The first-order valence-corrected chi connectivity index (χ1v) is 15.6. The number of rotatable bonds is 5. The Kier molecular flexibility index (Phi) is 7.28. The first-order valence-electron chi connectivity index (χ1n) is 14.8. The third-order valence-electron chi connectivity index (χ3n) is 8.23. The summed E-state index contributed by atoms with van der Waals surface area (Å²) in [5, 5.41) is 9.49. The second kappa shape index (κ2) is 11.3. The highest BCUT2D eigenvalue weighted by Gasteiger charge is 2.27. The van der Waals surface area contributed by atoms with Crippen LogP contribution in [0, 0.1) is 0 Å². The lowest BCUT2D eigenvalue weighted by Gasteiger charge is -2.40. The highest BCUT2D eigenvalue weighted by molar-refractivity contribution is 7.23. The van der Waals surface area contributed by atoms with Crippen LogP contribution in [0.4, 0.5) is 22.1 Å². The van der Waals surface area contributed by atoms with Crippen LogP contribution in [0.2, 0.25) is 0 Å². The van der Waals surface area contributed by atoms with Crippen molar-refractivity contribution < 1.29 is 14.1 Å². The lowest BCUT2D eigenvalue weighted by molar-refractivity contribution is 0.0115. The van der Waals surface area contributed by atoms with Gasteiger partial charge in [0.2, 0.25) is 0 Å². The van der Waals surface area contributed by atoms with Gasteiger partial charge in [0.25, 0.3) is 0 Å². The molecule has 6 heterocycles. The SMILES string of the molecule is CC(C)(C)c1cc(NC(=O)Nc2ccc(-c3cn4c(n3)sc3nc(N5CCC(N6CCOCC6)CC5)ccc34)cc2)no1. The minimum atomic E-state index is -0.385. The first-order chi connectivity index (χ1) is 20.8. The number of nitrogens with one attached hydrogen (secondary N) is 2. The quantitative estimate of drug-likeness (QED) is 0.259. The standard InChI is InChI=1S/C31H36N8O3S/c1-31(2,3)25-18-26(36-42-25)34-29(40)32-21-6-4-20(5-7-21)23-19-39-24-8-9-27(35-28(24)43-30(39)33-23)38-12-10-22(11-13-38)37-14-16-41-17-15-37/h4-9,18-19,22H,10-17H2,1-3H3,(H2,32,34,36,40). The number of piperidine rings is 1. The maximum Gasteiger partial charge on any atom is 0.324 e. The van der Waals surface area contributed by atoms with Gasteiger partial charge >= 0.3 is 6.03 Å². The third kappa shape index (κ3) is 5.82. The van der Waals surface area contributed by atoms with Gasteiger partial charge in [-0.2, -0.15) is 0 Å². The Balaban J connectivity index is 0.994. The molecule has 0 unspecified atom stereocenters. The smallest absolute Gasteiger partial charge is 0.324 e. The number of hydrogen-bond donors (Lipinski definition) is 2. The van der Waals surface area contributed by atoms with E-state index in [0.717, 1.165) is 84.6 Å². The van der Waals surface area contributed by atoms with Gasteiger partial charge in [-0.15, -0.1) is 0 Å². The van der Waals surface area contributed by atoms with Crippen molar-refractivity contribution in [2.24, 2.45) is 0 Å². The summed E-state index contributed by atoms with van der Waals surface area (Å²) in [5.74, 6) is 2.12. The van der Waals surface area contributed by atoms with Gasteiger partial charge in [-0.05, 0) is 37.1 Å². The van der Waals surface area contributed by atoms with Gasteiger partial charge in [0.1, 0.15) is 16.4 Å². The number of urea groups is 1. The number of imidazole rings is 1. The summed E-state index contributed by atoms with van der Waals surface area (Å²) in [6, 6.07) is 13.9. The molecule has 0 bridgehead atoms. The molecule has 2 aliphatic rings. The van der Waals surface area contributed by atoms with Crippen molar-refractivity contribution in [2.45, 2.75) is 45.1 Å². The van der Waals surface area contributed by atoms with E-state index >= 15 is 0 Å². The number of nitrogens with zero attached hydrogens (tertiary/aromatic N) is 6. The number of hydrogen-bond acceptors (Lipinski definition) is 9.